The van der Waals surface area contributed by atoms with Crippen molar-refractivity contribution in [3.8, 4) is 29.0 Å². The number of nitriles is 1. The number of amides is 2. The molecule has 4 N–H and O–H groups in total. The first-order chi connectivity index (χ1) is 19.2. The maximum Gasteiger partial charge on any atom is 0.422 e. The lowest BCUT2D eigenvalue weighted by atomic mass is 9.85. The summed E-state index contributed by atoms with van der Waals surface area (Å²) in [6.45, 7) is 2.33. The Hall–Kier alpha value is -3.54. The molecular formula is C30H30F4N4O2S. The van der Waals surface area contributed by atoms with Gasteiger partial charge in [0, 0.05) is 12.2 Å². The van der Waals surface area contributed by atoms with Crippen LogP contribution in [0, 0.1) is 23.2 Å². The Balaban J connectivity index is 1.73. The zero-order chi connectivity index (χ0) is 30.1. The summed E-state index contributed by atoms with van der Waals surface area (Å²) in [5, 5.41) is 14.2. The zero-order valence-corrected chi connectivity index (χ0v) is 23.4. The number of alkyl halides is 4. The maximum absolute atomic E-state index is 15.0. The van der Waals surface area contributed by atoms with E-state index in [2.05, 4.69) is 22.5 Å². The summed E-state index contributed by atoms with van der Waals surface area (Å²) < 4.78 is 59.6. The van der Waals surface area contributed by atoms with Crippen LogP contribution in [0.1, 0.15) is 44.2 Å². The minimum Gasteiger partial charge on any atom is -0.369 e. The molecule has 3 unspecified atom stereocenters. The summed E-state index contributed by atoms with van der Waals surface area (Å²) in [5.41, 5.74) is 1.79. The Morgan fingerprint density at radius 2 is 1.63 bits per heavy atom. The molecule has 2 aliphatic rings. The molecule has 6 nitrogen and oxygen atoms in total. The Bertz CT molecular complexity index is 1400. The minimum absolute atomic E-state index is 0.00986. The molecule has 2 aromatic rings. The number of hydrogen-bond acceptors (Lipinski definition) is 5. The summed E-state index contributed by atoms with van der Waals surface area (Å²) in [5.74, 6) is 3.69. The summed E-state index contributed by atoms with van der Waals surface area (Å²) >= 11 is 1.12. The van der Waals surface area contributed by atoms with Crippen LogP contribution < -0.4 is 16.4 Å². The van der Waals surface area contributed by atoms with Crippen LogP contribution in [-0.4, -0.2) is 47.2 Å². The van der Waals surface area contributed by atoms with Crippen molar-refractivity contribution in [2.45, 2.75) is 68.0 Å². The highest BCUT2D eigenvalue weighted by Gasteiger charge is 2.57. The van der Waals surface area contributed by atoms with Crippen LogP contribution in [0.2, 0.25) is 0 Å². The van der Waals surface area contributed by atoms with E-state index in [-0.39, 0.29) is 23.0 Å². The fourth-order valence-electron chi connectivity index (χ4n) is 4.94. The van der Waals surface area contributed by atoms with E-state index in [1.165, 1.54) is 38.1 Å². The minimum atomic E-state index is -5.00. The predicted octanol–water partition coefficient (Wildman–Crippen LogP) is 4.48. The molecule has 1 heterocycles. The first-order valence-electron chi connectivity index (χ1n) is 13.0. The maximum atomic E-state index is 15.0. The van der Waals surface area contributed by atoms with E-state index in [0.717, 1.165) is 22.9 Å². The van der Waals surface area contributed by atoms with Gasteiger partial charge in [0.2, 0.25) is 17.4 Å². The molecule has 0 bridgehead atoms. The normalized spacial score (nSPS) is 24.6. The predicted molar refractivity (Wildman–Crippen MR) is 149 cm³/mol. The number of primary amides is 1. The van der Waals surface area contributed by atoms with E-state index in [1.54, 1.807) is 24.3 Å². The van der Waals surface area contributed by atoms with Crippen LogP contribution in [0.3, 0.4) is 0 Å². The van der Waals surface area contributed by atoms with Crippen LogP contribution in [0.5, 0.6) is 0 Å². The van der Waals surface area contributed by atoms with Gasteiger partial charge in [-0.05, 0) is 48.9 Å². The van der Waals surface area contributed by atoms with E-state index in [9.17, 15) is 32.4 Å². The number of benzene rings is 2. The lowest BCUT2D eigenvalue weighted by molar-refractivity contribution is -0.185. The van der Waals surface area contributed by atoms with Crippen LogP contribution in [0.15, 0.2) is 48.5 Å². The van der Waals surface area contributed by atoms with Crippen molar-refractivity contribution in [1.82, 2.24) is 10.6 Å². The number of nitrogens with zero attached hydrogens (tertiary/aromatic N) is 1. The largest absolute Gasteiger partial charge is 0.422 e. The van der Waals surface area contributed by atoms with E-state index in [4.69, 9.17) is 5.73 Å². The summed E-state index contributed by atoms with van der Waals surface area (Å²) in [4.78, 5) is 24.9. The quantitative estimate of drug-likeness (QED) is 0.342. The van der Waals surface area contributed by atoms with E-state index < -0.39 is 47.2 Å². The van der Waals surface area contributed by atoms with Crippen LogP contribution >= 0.6 is 11.8 Å². The van der Waals surface area contributed by atoms with Gasteiger partial charge in [0.25, 0.3) is 0 Å². The molecule has 11 heteroatoms. The molecule has 2 aromatic carbocycles. The average molecular weight is 587 g/mol. The van der Waals surface area contributed by atoms with Gasteiger partial charge >= 0.3 is 6.18 Å². The molecule has 3 atom stereocenters. The smallest absolute Gasteiger partial charge is 0.369 e. The number of nitrogens with two attached hydrogens (primary N) is 1. The number of hydrogen-bond donors (Lipinski definition) is 3. The number of carbonyl (C=O) groups is 2. The zero-order valence-electron chi connectivity index (χ0n) is 22.6. The third-order valence-corrected chi connectivity index (χ3v) is 8.26. The Morgan fingerprint density at radius 1 is 1.07 bits per heavy atom. The van der Waals surface area contributed by atoms with Crippen molar-refractivity contribution >= 4 is 23.6 Å². The van der Waals surface area contributed by atoms with Gasteiger partial charge in [0.05, 0.1) is 23.3 Å². The highest BCUT2D eigenvalue weighted by atomic mass is 32.2. The van der Waals surface area contributed by atoms with Gasteiger partial charge in [-0.25, -0.2) is 4.39 Å². The Kier molecular flexibility index (Phi) is 8.45. The SMILES string of the molecule is CC(C)(F)CC1NC(c2ccc(-c3ccc(C4(C(N)=O)CC4)cc3)cc2)(C(F)(F)F)C#CCSCC(C#N)NC1=O. The molecule has 4 rings (SSSR count). The number of carbonyl (C=O) groups excluding carboxylic acids is 2. The van der Waals surface area contributed by atoms with E-state index in [0.29, 0.717) is 18.4 Å². The highest BCUT2D eigenvalue weighted by molar-refractivity contribution is 7.99. The highest BCUT2D eigenvalue weighted by Crippen LogP contribution is 2.48. The number of rotatable bonds is 6. The van der Waals surface area contributed by atoms with Gasteiger partial charge in [0.1, 0.15) is 11.7 Å². The third kappa shape index (κ3) is 6.52. The van der Waals surface area contributed by atoms with Crippen LogP contribution in [0.25, 0.3) is 11.1 Å². The second-order valence-corrected chi connectivity index (χ2v) is 12.0. The molecule has 0 aromatic heterocycles. The van der Waals surface area contributed by atoms with Gasteiger partial charge in [-0.1, -0.05) is 60.4 Å². The van der Waals surface area contributed by atoms with Crippen molar-refractivity contribution in [3.63, 3.8) is 0 Å². The molecule has 2 amide bonds. The molecule has 1 fully saturated rings. The van der Waals surface area contributed by atoms with Gasteiger partial charge in [-0.2, -0.15) is 18.4 Å². The van der Waals surface area contributed by atoms with Crippen molar-refractivity contribution < 1.29 is 27.2 Å². The van der Waals surface area contributed by atoms with Crippen LogP contribution in [-0.2, 0) is 20.5 Å². The molecule has 0 saturated heterocycles. The van der Waals surface area contributed by atoms with Crippen molar-refractivity contribution in [3.05, 3.63) is 59.7 Å². The monoisotopic (exact) mass is 586 g/mol. The summed E-state index contributed by atoms with van der Waals surface area (Å²) in [7, 11) is 0. The van der Waals surface area contributed by atoms with Gasteiger partial charge < -0.3 is 11.1 Å². The molecule has 0 spiro atoms. The molecular weight excluding hydrogens is 556 g/mol. The lowest BCUT2D eigenvalue weighted by Crippen LogP contribution is -2.61. The second-order valence-electron chi connectivity index (χ2n) is 11.0. The first kappa shape index (κ1) is 30.4. The van der Waals surface area contributed by atoms with E-state index in [1.807, 2.05) is 6.07 Å². The van der Waals surface area contributed by atoms with Crippen LogP contribution in [0.4, 0.5) is 17.6 Å². The average Bonchev–Trinajstić information content (AvgIpc) is 3.72. The second kappa shape index (κ2) is 11.4. The summed E-state index contributed by atoms with van der Waals surface area (Å²) in [6, 6.07) is 12.1. The fraction of sp³-hybridized carbons (Fsp3) is 0.433. The van der Waals surface area contributed by atoms with Gasteiger partial charge in [-0.3, -0.25) is 14.9 Å². The van der Waals surface area contributed by atoms with Crippen molar-refractivity contribution in [1.29, 1.82) is 5.26 Å². The molecule has 1 saturated carbocycles. The molecule has 1 aliphatic heterocycles. The van der Waals surface area contributed by atoms with Gasteiger partial charge in [0.15, 0.2) is 0 Å². The van der Waals surface area contributed by atoms with Crippen molar-refractivity contribution in [2.75, 3.05) is 11.5 Å². The Morgan fingerprint density at radius 3 is 2.10 bits per heavy atom. The first-order valence-corrected chi connectivity index (χ1v) is 14.2. The number of nitrogens with one attached hydrogen (secondary N) is 2. The Labute approximate surface area is 240 Å². The fourth-order valence-corrected chi connectivity index (χ4v) is 5.63. The number of halogens is 4. The topological polar surface area (TPSA) is 108 Å². The third-order valence-electron chi connectivity index (χ3n) is 7.34. The van der Waals surface area contributed by atoms with Gasteiger partial charge in [-0.15, -0.1) is 11.8 Å². The molecule has 216 valence electrons. The summed E-state index contributed by atoms with van der Waals surface area (Å²) in [6.07, 6.45) is -4.22. The molecule has 0 radical (unpaired) electrons. The lowest BCUT2D eigenvalue weighted by Gasteiger charge is -2.37. The molecule has 1 aliphatic carbocycles. The van der Waals surface area contributed by atoms with Crippen molar-refractivity contribution in [2.24, 2.45) is 5.73 Å². The standard InChI is InChI=1S/C30H30F4N4O2S/c1-27(2,31)16-24-25(39)37-23(17-35)18-41-15-3-12-29(38-24,30(32,33)34)22-10-6-20(7-11-22)19-4-8-21(9-5-19)28(13-14-28)26(36)40/h4-11,23-24,38H,13-16,18H2,1-2H3,(H2,36,40)(H,37,39). The van der Waals surface area contributed by atoms with E-state index >= 15 is 0 Å². The molecule has 41 heavy (non-hydrogen) atoms. The number of thioether (sulfide) groups is 1.